The SMILES string of the molecule is COc1ccc(OC)c2[nH]c(=O)c(CCNC(=O)C(c3ccccc3)c3ccccc3)cc12. The van der Waals surface area contributed by atoms with Crippen molar-refractivity contribution in [1.29, 1.82) is 0 Å². The van der Waals surface area contributed by atoms with Gasteiger partial charge in [-0.05, 0) is 35.7 Å². The van der Waals surface area contributed by atoms with E-state index in [1.807, 2.05) is 60.7 Å². The van der Waals surface area contributed by atoms with Crippen molar-refractivity contribution in [3.63, 3.8) is 0 Å². The van der Waals surface area contributed by atoms with E-state index in [1.165, 1.54) is 0 Å². The Bertz CT molecular complexity index is 1260. The van der Waals surface area contributed by atoms with Crippen molar-refractivity contribution in [1.82, 2.24) is 10.3 Å². The monoisotopic (exact) mass is 442 g/mol. The molecule has 6 heteroatoms. The zero-order valence-corrected chi connectivity index (χ0v) is 18.6. The van der Waals surface area contributed by atoms with Crippen molar-refractivity contribution in [2.45, 2.75) is 12.3 Å². The highest BCUT2D eigenvalue weighted by Crippen LogP contribution is 2.31. The van der Waals surface area contributed by atoms with Gasteiger partial charge in [-0.15, -0.1) is 0 Å². The number of rotatable bonds is 8. The Labute approximate surface area is 192 Å². The Morgan fingerprint density at radius 3 is 2.03 bits per heavy atom. The molecule has 4 rings (SSSR count). The third-order valence-electron chi connectivity index (χ3n) is 5.68. The molecule has 0 unspecified atom stereocenters. The third kappa shape index (κ3) is 4.75. The van der Waals surface area contributed by atoms with Gasteiger partial charge >= 0.3 is 0 Å². The van der Waals surface area contributed by atoms with Crippen LogP contribution in [0.3, 0.4) is 0 Å². The van der Waals surface area contributed by atoms with Crippen LogP contribution in [0.4, 0.5) is 0 Å². The summed E-state index contributed by atoms with van der Waals surface area (Å²) in [5, 5.41) is 3.76. The number of benzene rings is 3. The number of hydrogen-bond donors (Lipinski definition) is 2. The number of ether oxygens (including phenoxy) is 2. The first-order chi connectivity index (χ1) is 16.1. The van der Waals surface area contributed by atoms with E-state index in [0.29, 0.717) is 35.5 Å². The lowest BCUT2D eigenvalue weighted by Crippen LogP contribution is -2.32. The van der Waals surface area contributed by atoms with Crippen molar-refractivity contribution in [3.05, 3.63) is 106 Å². The van der Waals surface area contributed by atoms with E-state index in [1.54, 1.807) is 32.4 Å². The summed E-state index contributed by atoms with van der Waals surface area (Å²) in [7, 11) is 3.14. The van der Waals surface area contributed by atoms with Crippen LogP contribution in [0.5, 0.6) is 11.5 Å². The number of hydrogen-bond acceptors (Lipinski definition) is 4. The van der Waals surface area contributed by atoms with Crippen molar-refractivity contribution in [2.24, 2.45) is 0 Å². The van der Waals surface area contributed by atoms with E-state index in [9.17, 15) is 9.59 Å². The summed E-state index contributed by atoms with van der Waals surface area (Å²) in [6, 6.07) is 24.7. The maximum Gasteiger partial charge on any atom is 0.251 e. The van der Waals surface area contributed by atoms with E-state index < -0.39 is 5.92 Å². The number of carbonyl (C=O) groups excluding carboxylic acids is 1. The molecule has 168 valence electrons. The van der Waals surface area contributed by atoms with E-state index in [0.717, 1.165) is 16.5 Å². The number of nitrogens with one attached hydrogen (secondary N) is 2. The zero-order chi connectivity index (χ0) is 23.2. The first-order valence-corrected chi connectivity index (χ1v) is 10.8. The fourth-order valence-electron chi connectivity index (χ4n) is 4.03. The lowest BCUT2D eigenvalue weighted by atomic mass is 9.90. The van der Waals surface area contributed by atoms with Crippen LogP contribution in [0.1, 0.15) is 22.6 Å². The second-order valence-corrected chi connectivity index (χ2v) is 7.68. The van der Waals surface area contributed by atoms with Gasteiger partial charge in [0, 0.05) is 17.5 Å². The second kappa shape index (κ2) is 10.0. The molecule has 4 aromatic rings. The van der Waals surface area contributed by atoms with Gasteiger partial charge in [-0.25, -0.2) is 0 Å². The molecule has 0 saturated heterocycles. The maximum absolute atomic E-state index is 13.2. The van der Waals surface area contributed by atoms with Gasteiger partial charge in [-0.3, -0.25) is 9.59 Å². The average Bonchev–Trinajstić information content (AvgIpc) is 2.85. The second-order valence-electron chi connectivity index (χ2n) is 7.68. The number of pyridine rings is 1. The van der Waals surface area contributed by atoms with Crippen LogP contribution < -0.4 is 20.3 Å². The van der Waals surface area contributed by atoms with Crippen molar-refractivity contribution < 1.29 is 14.3 Å². The Morgan fingerprint density at radius 1 is 0.879 bits per heavy atom. The first-order valence-electron chi connectivity index (χ1n) is 10.8. The van der Waals surface area contributed by atoms with Crippen LogP contribution >= 0.6 is 0 Å². The average molecular weight is 443 g/mol. The minimum atomic E-state index is -0.424. The van der Waals surface area contributed by atoms with E-state index in [2.05, 4.69) is 10.3 Å². The number of methoxy groups -OCH3 is 2. The smallest absolute Gasteiger partial charge is 0.251 e. The number of aromatic nitrogens is 1. The van der Waals surface area contributed by atoms with E-state index >= 15 is 0 Å². The molecule has 2 N–H and O–H groups in total. The topological polar surface area (TPSA) is 80.4 Å². The number of aromatic amines is 1. The number of amides is 1. The van der Waals surface area contributed by atoms with Crippen molar-refractivity contribution in [2.75, 3.05) is 20.8 Å². The highest BCUT2D eigenvalue weighted by molar-refractivity contribution is 5.90. The predicted octanol–water partition coefficient (Wildman–Crippen LogP) is 4.04. The lowest BCUT2D eigenvalue weighted by molar-refractivity contribution is -0.121. The highest BCUT2D eigenvalue weighted by Gasteiger charge is 2.22. The van der Waals surface area contributed by atoms with Gasteiger partial charge in [0.2, 0.25) is 5.91 Å². The first kappa shape index (κ1) is 22.1. The largest absolute Gasteiger partial charge is 0.496 e. The summed E-state index contributed by atoms with van der Waals surface area (Å²) in [5.74, 6) is 0.674. The minimum Gasteiger partial charge on any atom is -0.496 e. The summed E-state index contributed by atoms with van der Waals surface area (Å²) in [6.45, 7) is 0.329. The molecular weight excluding hydrogens is 416 g/mol. The third-order valence-corrected chi connectivity index (χ3v) is 5.68. The molecule has 0 bridgehead atoms. The fourth-order valence-corrected chi connectivity index (χ4v) is 4.03. The molecule has 0 atom stereocenters. The van der Waals surface area contributed by atoms with Crippen LogP contribution in [0.2, 0.25) is 0 Å². The summed E-state index contributed by atoms with van der Waals surface area (Å²) in [6.07, 6.45) is 0.383. The highest BCUT2D eigenvalue weighted by atomic mass is 16.5. The molecule has 0 aliphatic carbocycles. The Hall–Kier alpha value is -4.06. The summed E-state index contributed by atoms with van der Waals surface area (Å²) >= 11 is 0. The minimum absolute atomic E-state index is 0.108. The lowest BCUT2D eigenvalue weighted by Gasteiger charge is -2.18. The van der Waals surface area contributed by atoms with Gasteiger partial charge in [0.05, 0.1) is 25.7 Å². The molecule has 0 fully saturated rings. The zero-order valence-electron chi connectivity index (χ0n) is 18.6. The number of fused-ring (bicyclic) bond motifs is 1. The van der Waals surface area contributed by atoms with Gasteiger partial charge in [-0.1, -0.05) is 60.7 Å². The van der Waals surface area contributed by atoms with Crippen LogP contribution in [-0.4, -0.2) is 31.7 Å². The maximum atomic E-state index is 13.2. The molecule has 3 aromatic carbocycles. The van der Waals surface area contributed by atoms with Crippen molar-refractivity contribution in [3.8, 4) is 11.5 Å². The van der Waals surface area contributed by atoms with E-state index in [4.69, 9.17) is 9.47 Å². The molecular formula is C27H26N2O4. The molecule has 1 heterocycles. The molecule has 1 amide bonds. The van der Waals surface area contributed by atoms with Gasteiger partial charge in [0.25, 0.3) is 5.56 Å². The standard InChI is InChI=1S/C27H26N2O4/c1-32-22-13-14-23(33-2)25-21(22)17-20(26(30)29-25)15-16-28-27(31)24(18-9-5-3-6-10-18)19-11-7-4-8-12-19/h3-14,17,24H,15-16H2,1-2H3,(H,28,31)(H,29,30). The predicted molar refractivity (Wildman–Crippen MR) is 129 cm³/mol. The Morgan fingerprint density at radius 2 is 1.45 bits per heavy atom. The van der Waals surface area contributed by atoms with E-state index in [-0.39, 0.29) is 11.5 Å². The molecule has 0 spiro atoms. The Balaban J connectivity index is 1.55. The van der Waals surface area contributed by atoms with Crippen LogP contribution in [0, 0.1) is 0 Å². The fraction of sp³-hybridized carbons (Fsp3) is 0.185. The summed E-state index contributed by atoms with van der Waals surface area (Å²) < 4.78 is 10.8. The normalized spacial score (nSPS) is 10.9. The molecule has 0 radical (unpaired) electrons. The number of carbonyl (C=O) groups is 1. The van der Waals surface area contributed by atoms with Gasteiger partial charge in [0.1, 0.15) is 11.5 Å². The molecule has 1 aromatic heterocycles. The van der Waals surface area contributed by atoms with Gasteiger partial charge in [0.15, 0.2) is 0 Å². The van der Waals surface area contributed by atoms with Crippen molar-refractivity contribution >= 4 is 16.8 Å². The Kier molecular flexibility index (Phi) is 6.74. The molecule has 6 nitrogen and oxygen atoms in total. The molecule has 0 saturated carbocycles. The van der Waals surface area contributed by atoms with Gasteiger partial charge < -0.3 is 19.8 Å². The molecule has 0 aliphatic heterocycles. The summed E-state index contributed by atoms with van der Waals surface area (Å²) in [4.78, 5) is 28.8. The van der Waals surface area contributed by atoms with Crippen LogP contribution in [0.25, 0.3) is 10.9 Å². The quantitative estimate of drug-likeness (QED) is 0.432. The van der Waals surface area contributed by atoms with Gasteiger partial charge in [-0.2, -0.15) is 0 Å². The molecule has 33 heavy (non-hydrogen) atoms. The summed E-state index contributed by atoms with van der Waals surface area (Å²) in [5.41, 5.74) is 2.77. The number of H-pyrrole nitrogens is 1. The van der Waals surface area contributed by atoms with Crippen LogP contribution in [-0.2, 0) is 11.2 Å². The molecule has 0 aliphatic rings. The van der Waals surface area contributed by atoms with Crippen LogP contribution in [0.15, 0.2) is 83.7 Å².